The SMILES string of the molecule is Cc1ccccc1CCNC(=O)N[C@@H](C(=O)O)C(C)C. The van der Waals surface area contributed by atoms with Gasteiger partial charge in [-0.25, -0.2) is 9.59 Å². The molecule has 1 atom stereocenters. The molecule has 1 aromatic rings. The predicted octanol–water partition coefficient (Wildman–Crippen LogP) is 1.95. The number of urea groups is 1. The Labute approximate surface area is 119 Å². The average molecular weight is 278 g/mol. The van der Waals surface area contributed by atoms with E-state index in [1.165, 1.54) is 11.1 Å². The van der Waals surface area contributed by atoms with E-state index in [0.29, 0.717) is 6.54 Å². The molecule has 2 amide bonds. The van der Waals surface area contributed by atoms with Crippen LogP contribution in [0.1, 0.15) is 25.0 Å². The number of carbonyl (C=O) groups excluding carboxylic acids is 1. The first kappa shape index (κ1) is 16.0. The summed E-state index contributed by atoms with van der Waals surface area (Å²) < 4.78 is 0. The van der Waals surface area contributed by atoms with Gasteiger partial charge in [0, 0.05) is 6.54 Å². The average Bonchev–Trinajstić information content (AvgIpc) is 2.37. The highest BCUT2D eigenvalue weighted by atomic mass is 16.4. The van der Waals surface area contributed by atoms with E-state index in [2.05, 4.69) is 10.6 Å². The van der Waals surface area contributed by atoms with Crippen LogP contribution in [0.25, 0.3) is 0 Å². The van der Waals surface area contributed by atoms with Crippen LogP contribution in [0.5, 0.6) is 0 Å². The maximum absolute atomic E-state index is 11.7. The van der Waals surface area contributed by atoms with Crippen LogP contribution in [-0.4, -0.2) is 29.7 Å². The fraction of sp³-hybridized carbons (Fsp3) is 0.467. The van der Waals surface area contributed by atoms with Crippen molar-refractivity contribution < 1.29 is 14.7 Å². The van der Waals surface area contributed by atoms with Crippen molar-refractivity contribution >= 4 is 12.0 Å². The largest absolute Gasteiger partial charge is 0.480 e. The van der Waals surface area contributed by atoms with Gasteiger partial charge in [-0.15, -0.1) is 0 Å². The van der Waals surface area contributed by atoms with Gasteiger partial charge in [-0.1, -0.05) is 38.1 Å². The van der Waals surface area contributed by atoms with E-state index in [1.807, 2.05) is 31.2 Å². The van der Waals surface area contributed by atoms with Crippen molar-refractivity contribution in [3.05, 3.63) is 35.4 Å². The predicted molar refractivity (Wildman–Crippen MR) is 77.7 cm³/mol. The number of carbonyl (C=O) groups is 2. The molecular weight excluding hydrogens is 256 g/mol. The molecule has 0 spiro atoms. The van der Waals surface area contributed by atoms with Gasteiger partial charge in [0.25, 0.3) is 0 Å². The maximum Gasteiger partial charge on any atom is 0.326 e. The lowest BCUT2D eigenvalue weighted by atomic mass is 10.1. The molecule has 110 valence electrons. The van der Waals surface area contributed by atoms with E-state index in [9.17, 15) is 9.59 Å². The Morgan fingerprint density at radius 1 is 1.25 bits per heavy atom. The number of carboxylic acid groups (broad SMARTS) is 1. The summed E-state index contributed by atoms with van der Waals surface area (Å²) in [5, 5.41) is 14.1. The molecule has 0 aliphatic heterocycles. The van der Waals surface area contributed by atoms with Crippen LogP contribution in [0.15, 0.2) is 24.3 Å². The minimum atomic E-state index is -1.02. The van der Waals surface area contributed by atoms with Gasteiger partial charge >= 0.3 is 12.0 Å². The van der Waals surface area contributed by atoms with Crippen molar-refractivity contribution in [2.24, 2.45) is 5.92 Å². The second kappa shape index (κ2) is 7.53. The van der Waals surface area contributed by atoms with Crippen molar-refractivity contribution in [1.82, 2.24) is 10.6 Å². The summed E-state index contributed by atoms with van der Waals surface area (Å²) in [6.45, 7) is 6.01. The lowest BCUT2D eigenvalue weighted by molar-refractivity contribution is -0.140. The van der Waals surface area contributed by atoms with E-state index in [0.717, 1.165) is 6.42 Å². The monoisotopic (exact) mass is 278 g/mol. The zero-order valence-corrected chi connectivity index (χ0v) is 12.1. The number of hydrogen-bond acceptors (Lipinski definition) is 2. The lowest BCUT2D eigenvalue weighted by Gasteiger charge is -2.18. The molecule has 0 saturated carbocycles. The summed E-state index contributed by atoms with van der Waals surface area (Å²) in [7, 11) is 0. The van der Waals surface area contributed by atoms with Gasteiger partial charge in [0.1, 0.15) is 6.04 Å². The normalized spacial score (nSPS) is 12.0. The van der Waals surface area contributed by atoms with Gasteiger partial charge < -0.3 is 15.7 Å². The Balaban J connectivity index is 2.40. The Bertz CT molecular complexity index is 472. The number of nitrogens with one attached hydrogen (secondary N) is 2. The molecule has 0 aliphatic rings. The van der Waals surface area contributed by atoms with E-state index < -0.39 is 18.0 Å². The third-order valence-corrected chi connectivity index (χ3v) is 3.16. The van der Waals surface area contributed by atoms with Crippen molar-refractivity contribution in [2.75, 3.05) is 6.54 Å². The molecule has 0 aromatic heterocycles. The highest BCUT2D eigenvalue weighted by molar-refractivity contribution is 5.82. The van der Waals surface area contributed by atoms with Gasteiger partial charge in [0.2, 0.25) is 0 Å². The Morgan fingerprint density at radius 3 is 2.45 bits per heavy atom. The first-order valence-electron chi connectivity index (χ1n) is 6.73. The van der Waals surface area contributed by atoms with Crippen LogP contribution >= 0.6 is 0 Å². The molecular formula is C15H22N2O3. The van der Waals surface area contributed by atoms with Crippen LogP contribution in [0.3, 0.4) is 0 Å². The summed E-state index contributed by atoms with van der Waals surface area (Å²) in [4.78, 5) is 22.6. The topological polar surface area (TPSA) is 78.4 Å². The smallest absolute Gasteiger partial charge is 0.326 e. The van der Waals surface area contributed by atoms with Crippen LogP contribution in [0.4, 0.5) is 4.79 Å². The third-order valence-electron chi connectivity index (χ3n) is 3.16. The number of carboxylic acids is 1. The number of rotatable bonds is 6. The molecule has 5 heteroatoms. The molecule has 5 nitrogen and oxygen atoms in total. The highest BCUT2D eigenvalue weighted by Gasteiger charge is 2.22. The van der Waals surface area contributed by atoms with Crippen molar-refractivity contribution in [3.63, 3.8) is 0 Å². The Hall–Kier alpha value is -2.04. The van der Waals surface area contributed by atoms with Gasteiger partial charge in [-0.2, -0.15) is 0 Å². The Kier molecular flexibility index (Phi) is 6.03. The molecule has 0 radical (unpaired) electrons. The fourth-order valence-electron chi connectivity index (χ4n) is 1.91. The van der Waals surface area contributed by atoms with Crippen LogP contribution < -0.4 is 10.6 Å². The van der Waals surface area contributed by atoms with Gasteiger partial charge in [-0.05, 0) is 30.4 Å². The van der Waals surface area contributed by atoms with Crippen molar-refractivity contribution in [3.8, 4) is 0 Å². The minimum Gasteiger partial charge on any atom is -0.480 e. The van der Waals surface area contributed by atoms with Crippen LogP contribution in [-0.2, 0) is 11.2 Å². The van der Waals surface area contributed by atoms with Gasteiger partial charge in [0.05, 0.1) is 0 Å². The Morgan fingerprint density at radius 2 is 1.90 bits per heavy atom. The van der Waals surface area contributed by atoms with Gasteiger partial charge in [0.15, 0.2) is 0 Å². The summed E-state index contributed by atoms with van der Waals surface area (Å²) in [6.07, 6.45) is 0.722. The van der Waals surface area contributed by atoms with E-state index in [4.69, 9.17) is 5.11 Å². The van der Waals surface area contributed by atoms with Crippen LogP contribution in [0, 0.1) is 12.8 Å². The quantitative estimate of drug-likeness (QED) is 0.744. The first-order valence-corrected chi connectivity index (χ1v) is 6.73. The molecule has 0 heterocycles. The van der Waals surface area contributed by atoms with E-state index in [-0.39, 0.29) is 5.92 Å². The zero-order chi connectivity index (χ0) is 15.1. The molecule has 0 saturated heterocycles. The number of benzene rings is 1. The summed E-state index contributed by atoms with van der Waals surface area (Å²) in [5.41, 5.74) is 2.35. The summed E-state index contributed by atoms with van der Waals surface area (Å²) >= 11 is 0. The second-order valence-corrected chi connectivity index (χ2v) is 5.14. The van der Waals surface area contributed by atoms with Crippen molar-refractivity contribution in [1.29, 1.82) is 0 Å². The maximum atomic E-state index is 11.7. The van der Waals surface area contributed by atoms with Gasteiger partial charge in [-0.3, -0.25) is 0 Å². The molecule has 0 aliphatic carbocycles. The summed E-state index contributed by atoms with van der Waals surface area (Å²) in [6, 6.07) is 6.66. The third kappa shape index (κ3) is 4.91. The zero-order valence-electron chi connectivity index (χ0n) is 12.1. The molecule has 0 fully saturated rings. The number of amides is 2. The molecule has 0 unspecified atom stereocenters. The molecule has 0 bridgehead atoms. The fourth-order valence-corrected chi connectivity index (χ4v) is 1.91. The highest BCUT2D eigenvalue weighted by Crippen LogP contribution is 2.06. The van der Waals surface area contributed by atoms with Crippen molar-refractivity contribution in [2.45, 2.75) is 33.2 Å². The van der Waals surface area contributed by atoms with E-state index >= 15 is 0 Å². The standard InChI is InChI=1S/C15H22N2O3/c1-10(2)13(14(18)19)17-15(20)16-9-8-12-7-5-4-6-11(12)3/h4-7,10,13H,8-9H2,1-3H3,(H,18,19)(H2,16,17,20)/t13-/m1/s1. The molecule has 1 aromatic carbocycles. The number of hydrogen-bond donors (Lipinski definition) is 3. The number of aliphatic carboxylic acids is 1. The lowest BCUT2D eigenvalue weighted by Crippen LogP contribution is -2.48. The molecule has 20 heavy (non-hydrogen) atoms. The number of aryl methyl sites for hydroxylation is 1. The minimum absolute atomic E-state index is 0.158. The van der Waals surface area contributed by atoms with E-state index in [1.54, 1.807) is 13.8 Å². The first-order chi connectivity index (χ1) is 9.41. The summed E-state index contributed by atoms with van der Waals surface area (Å²) in [5.74, 6) is -1.18. The second-order valence-electron chi connectivity index (χ2n) is 5.14. The molecule has 1 rings (SSSR count). The van der Waals surface area contributed by atoms with Crippen LogP contribution in [0.2, 0.25) is 0 Å². The molecule has 3 N–H and O–H groups in total.